The zero-order chi connectivity index (χ0) is 15.1. The molecule has 3 heteroatoms. The van der Waals surface area contributed by atoms with E-state index >= 15 is 0 Å². The molecule has 0 radical (unpaired) electrons. The average Bonchev–Trinajstić information content (AvgIpc) is 3.17. The molecule has 1 aliphatic carbocycles. The Balaban J connectivity index is 1.61. The molecule has 1 amide bonds. The lowest BCUT2D eigenvalue weighted by molar-refractivity contribution is 0.0782. The van der Waals surface area contributed by atoms with Crippen LogP contribution in [0.3, 0.4) is 0 Å². The normalized spacial score (nSPS) is 19.1. The maximum absolute atomic E-state index is 12.6. The van der Waals surface area contributed by atoms with Crippen molar-refractivity contribution >= 4 is 5.91 Å². The first-order chi connectivity index (χ1) is 10.8. The van der Waals surface area contributed by atoms with Crippen molar-refractivity contribution in [3.05, 3.63) is 59.2 Å². The lowest BCUT2D eigenvalue weighted by Crippen LogP contribution is -2.29. The minimum Gasteiger partial charge on any atom is -0.396 e. The number of carbonyl (C=O) groups excluding carboxylic acids is 1. The molecule has 1 fully saturated rings. The average molecular weight is 293 g/mol. The first kappa shape index (κ1) is 13.5. The Labute approximate surface area is 130 Å². The van der Waals surface area contributed by atoms with Crippen LogP contribution in [0.25, 0.3) is 11.1 Å². The minimum atomic E-state index is 0.0923. The van der Waals surface area contributed by atoms with E-state index in [1.165, 1.54) is 22.3 Å². The van der Waals surface area contributed by atoms with Crippen LogP contribution in [0.4, 0.5) is 0 Å². The number of rotatable bonds is 2. The molecule has 1 atom stereocenters. The molecular formula is C19H19NO2. The van der Waals surface area contributed by atoms with E-state index in [-0.39, 0.29) is 18.4 Å². The van der Waals surface area contributed by atoms with Gasteiger partial charge in [0.15, 0.2) is 0 Å². The van der Waals surface area contributed by atoms with Gasteiger partial charge in [-0.25, -0.2) is 0 Å². The molecule has 3 nitrogen and oxygen atoms in total. The maximum atomic E-state index is 12.6. The summed E-state index contributed by atoms with van der Waals surface area (Å²) in [7, 11) is 0. The van der Waals surface area contributed by atoms with Gasteiger partial charge in [0.25, 0.3) is 5.91 Å². The molecule has 1 heterocycles. The second-order valence-electron chi connectivity index (χ2n) is 6.29. The number of carbonyl (C=O) groups is 1. The summed E-state index contributed by atoms with van der Waals surface area (Å²) in [5.41, 5.74) is 5.89. The third-order valence-corrected chi connectivity index (χ3v) is 4.87. The molecule has 0 bridgehead atoms. The van der Waals surface area contributed by atoms with E-state index in [2.05, 4.69) is 30.3 Å². The maximum Gasteiger partial charge on any atom is 0.253 e. The highest BCUT2D eigenvalue weighted by molar-refractivity contribution is 5.96. The molecule has 112 valence electrons. The molecule has 4 rings (SSSR count). The van der Waals surface area contributed by atoms with Crippen molar-refractivity contribution in [2.75, 3.05) is 19.7 Å². The predicted octanol–water partition coefficient (Wildman–Crippen LogP) is 2.71. The summed E-state index contributed by atoms with van der Waals surface area (Å²) in [5.74, 6) is 0.331. The van der Waals surface area contributed by atoms with Gasteiger partial charge in [0.05, 0.1) is 0 Å². The van der Waals surface area contributed by atoms with Crippen LogP contribution < -0.4 is 0 Å². The molecule has 1 saturated heterocycles. The molecule has 2 aromatic carbocycles. The quantitative estimate of drug-likeness (QED) is 0.789. The van der Waals surface area contributed by atoms with E-state index in [1.807, 2.05) is 17.0 Å². The van der Waals surface area contributed by atoms with Gasteiger partial charge in [0, 0.05) is 31.2 Å². The largest absolute Gasteiger partial charge is 0.396 e. The van der Waals surface area contributed by atoms with Crippen molar-refractivity contribution in [1.29, 1.82) is 0 Å². The van der Waals surface area contributed by atoms with Crippen LogP contribution in [0.2, 0.25) is 0 Å². The lowest BCUT2D eigenvalue weighted by Gasteiger charge is -2.16. The second kappa shape index (κ2) is 5.25. The Hall–Kier alpha value is -2.13. The monoisotopic (exact) mass is 293 g/mol. The van der Waals surface area contributed by atoms with Crippen molar-refractivity contribution < 1.29 is 9.90 Å². The summed E-state index contributed by atoms with van der Waals surface area (Å²) >= 11 is 0. The van der Waals surface area contributed by atoms with Gasteiger partial charge in [0.1, 0.15) is 0 Å². The van der Waals surface area contributed by atoms with Crippen LogP contribution in [0.1, 0.15) is 27.9 Å². The highest BCUT2D eigenvalue weighted by Gasteiger charge is 2.27. The van der Waals surface area contributed by atoms with Gasteiger partial charge in [0.2, 0.25) is 0 Å². The summed E-state index contributed by atoms with van der Waals surface area (Å²) < 4.78 is 0. The fraction of sp³-hybridized carbons (Fsp3) is 0.316. The third-order valence-electron chi connectivity index (χ3n) is 4.87. The molecule has 1 unspecified atom stereocenters. The van der Waals surface area contributed by atoms with Crippen LogP contribution in [-0.4, -0.2) is 35.6 Å². The molecular weight excluding hydrogens is 274 g/mol. The van der Waals surface area contributed by atoms with E-state index in [4.69, 9.17) is 0 Å². The van der Waals surface area contributed by atoms with Crippen LogP contribution in [-0.2, 0) is 6.42 Å². The summed E-state index contributed by atoms with van der Waals surface area (Å²) in [4.78, 5) is 14.5. The second-order valence-corrected chi connectivity index (χ2v) is 6.29. The molecule has 0 saturated carbocycles. The van der Waals surface area contributed by atoms with Crippen LogP contribution in [0, 0.1) is 5.92 Å². The molecule has 2 aliphatic rings. The first-order valence-corrected chi connectivity index (χ1v) is 7.87. The van der Waals surface area contributed by atoms with Crippen molar-refractivity contribution in [2.24, 2.45) is 5.92 Å². The number of aliphatic hydroxyl groups is 1. The van der Waals surface area contributed by atoms with E-state index in [9.17, 15) is 9.90 Å². The number of benzene rings is 2. The lowest BCUT2D eigenvalue weighted by atomic mass is 10.0. The fourth-order valence-corrected chi connectivity index (χ4v) is 3.63. The highest BCUT2D eigenvalue weighted by Crippen LogP contribution is 2.37. The summed E-state index contributed by atoms with van der Waals surface area (Å²) in [6, 6.07) is 14.5. The number of amides is 1. The van der Waals surface area contributed by atoms with Crippen LogP contribution in [0.15, 0.2) is 42.5 Å². The van der Waals surface area contributed by atoms with Crippen LogP contribution in [0.5, 0.6) is 0 Å². The topological polar surface area (TPSA) is 40.5 Å². The Bertz CT molecular complexity index is 738. The number of fused-ring (bicyclic) bond motifs is 3. The fourth-order valence-electron chi connectivity index (χ4n) is 3.63. The van der Waals surface area contributed by atoms with Crippen LogP contribution >= 0.6 is 0 Å². The Morgan fingerprint density at radius 3 is 2.77 bits per heavy atom. The smallest absolute Gasteiger partial charge is 0.253 e. The Morgan fingerprint density at radius 2 is 1.95 bits per heavy atom. The zero-order valence-electron chi connectivity index (χ0n) is 12.5. The zero-order valence-corrected chi connectivity index (χ0v) is 12.5. The van der Waals surface area contributed by atoms with Crippen molar-refractivity contribution in [1.82, 2.24) is 4.90 Å². The molecule has 2 aromatic rings. The van der Waals surface area contributed by atoms with Gasteiger partial charge in [-0.3, -0.25) is 4.79 Å². The number of likely N-dealkylation sites (tertiary alicyclic amines) is 1. The summed E-state index contributed by atoms with van der Waals surface area (Å²) in [5, 5.41) is 9.23. The number of aliphatic hydroxyl groups excluding tert-OH is 1. The number of nitrogens with zero attached hydrogens (tertiary/aromatic N) is 1. The van der Waals surface area contributed by atoms with Crippen molar-refractivity contribution in [2.45, 2.75) is 12.8 Å². The minimum absolute atomic E-state index is 0.0923. The van der Waals surface area contributed by atoms with E-state index in [0.29, 0.717) is 6.54 Å². The van der Waals surface area contributed by atoms with Crippen molar-refractivity contribution in [3.8, 4) is 11.1 Å². The first-order valence-electron chi connectivity index (χ1n) is 7.87. The highest BCUT2D eigenvalue weighted by atomic mass is 16.3. The molecule has 0 aromatic heterocycles. The third kappa shape index (κ3) is 2.13. The predicted molar refractivity (Wildman–Crippen MR) is 85.8 cm³/mol. The SMILES string of the molecule is O=C(c1ccc2c(c1)Cc1ccccc1-2)N1CCC(CO)C1. The van der Waals surface area contributed by atoms with Gasteiger partial charge in [-0.2, -0.15) is 0 Å². The van der Waals surface area contributed by atoms with Gasteiger partial charge < -0.3 is 10.0 Å². The molecule has 1 N–H and O–H groups in total. The summed E-state index contributed by atoms with van der Waals surface area (Å²) in [6.45, 7) is 1.59. The van der Waals surface area contributed by atoms with Gasteiger partial charge in [-0.15, -0.1) is 0 Å². The summed E-state index contributed by atoms with van der Waals surface area (Å²) in [6.07, 6.45) is 1.81. The van der Waals surface area contributed by atoms with Gasteiger partial charge in [-0.1, -0.05) is 30.3 Å². The Kier molecular flexibility index (Phi) is 3.23. The molecule has 22 heavy (non-hydrogen) atoms. The van der Waals surface area contributed by atoms with E-state index < -0.39 is 0 Å². The van der Waals surface area contributed by atoms with Crippen molar-refractivity contribution in [3.63, 3.8) is 0 Å². The van der Waals surface area contributed by atoms with Gasteiger partial charge >= 0.3 is 0 Å². The van der Waals surface area contributed by atoms with Gasteiger partial charge in [-0.05, 0) is 47.2 Å². The Morgan fingerprint density at radius 1 is 1.14 bits per heavy atom. The van der Waals surface area contributed by atoms with E-state index in [0.717, 1.165) is 24.9 Å². The molecule has 0 spiro atoms. The standard InChI is InChI=1S/C19H19NO2/c21-12-13-7-8-20(11-13)19(22)15-5-6-18-16(10-15)9-14-3-1-2-4-17(14)18/h1-6,10,13,21H,7-9,11-12H2. The number of hydrogen-bond acceptors (Lipinski definition) is 2. The number of hydrogen-bond donors (Lipinski definition) is 1. The molecule has 1 aliphatic heterocycles. The van der Waals surface area contributed by atoms with E-state index in [1.54, 1.807) is 0 Å².